The third kappa shape index (κ3) is 4.65. The molecule has 5 nitrogen and oxygen atoms in total. The molecule has 0 bridgehead atoms. The molecule has 1 aromatic carbocycles. The van der Waals surface area contributed by atoms with Crippen LogP contribution in [0.4, 0.5) is 0 Å². The van der Waals surface area contributed by atoms with Crippen molar-refractivity contribution < 1.29 is 0 Å². The van der Waals surface area contributed by atoms with Gasteiger partial charge in [-0.3, -0.25) is 9.67 Å². The van der Waals surface area contributed by atoms with Crippen molar-refractivity contribution in [3.63, 3.8) is 0 Å². The Bertz CT molecular complexity index is 728. The van der Waals surface area contributed by atoms with Crippen molar-refractivity contribution in [2.24, 2.45) is 4.99 Å². The fourth-order valence-electron chi connectivity index (χ4n) is 3.39. The molecule has 1 aromatic heterocycles. The third-order valence-corrected chi connectivity index (χ3v) is 5.07. The van der Waals surface area contributed by atoms with E-state index in [2.05, 4.69) is 70.7 Å². The molecule has 0 amide bonds. The molecule has 1 saturated carbocycles. The Morgan fingerprint density at radius 2 is 1.96 bits per heavy atom. The Labute approximate surface area is 156 Å². The van der Waals surface area contributed by atoms with Crippen LogP contribution in [0.15, 0.2) is 41.4 Å². The SMILES string of the molecule is CCNC(=NCC1(c2ccccc2)CC1)NCCCn1nc(C)cc1C. The smallest absolute Gasteiger partial charge is 0.191 e. The standard InChI is InChI=1S/C21H31N5/c1-4-22-20(23-13-8-14-26-18(3)15-17(2)25-26)24-16-21(11-12-21)19-9-6-5-7-10-19/h5-7,9-10,15H,4,8,11-14,16H2,1-3H3,(H2,22,23,24). The van der Waals surface area contributed by atoms with Crippen molar-refractivity contribution in [3.8, 4) is 0 Å². The molecule has 140 valence electrons. The zero-order valence-corrected chi connectivity index (χ0v) is 16.3. The van der Waals surface area contributed by atoms with Gasteiger partial charge in [0.05, 0.1) is 12.2 Å². The zero-order valence-electron chi connectivity index (χ0n) is 16.3. The van der Waals surface area contributed by atoms with Gasteiger partial charge >= 0.3 is 0 Å². The summed E-state index contributed by atoms with van der Waals surface area (Å²) in [6.07, 6.45) is 3.49. The van der Waals surface area contributed by atoms with Gasteiger partial charge in [-0.1, -0.05) is 30.3 Å². The van der Waals surface area contributed by atoms with Crippen molar-refractivity contribution in [3.05, 3.63) is 53.3 Å². The minimum Gasteiger partial charge on any atom is -0.357 e. The molecular formula is C21H31N5. The van der Waals surface area contributed by atoms with E-state index in [9.17, 15) is 0 Å². The lowest BCUT2D eigenvalue weighted by Crippen LogP contribution is -2.38. The van der Waals surface area contributed by atoms with Crippen LogP contribution >= 0.6 is 0 Å². The average Bonchev–Trinajstić information content (AvgIpc) is 3.37. The summed E-state index contributed by atoms with van der Waals surface area (Å²) >= 11 is 0. The molecule has 0 spiro atoms. The Balaban J connectivity index is 1.50. The van der Waals surface area contributed by atoms with Crippen LogP contribution in [0.25, 0.3) is 0 Å². The van der Waals surface area contributed by atoms with Crippen molar-refractivity contribution in [2.75, 3.05) is 19.6 Å². The van der Waals surface area contributed by atoms with E-state index in [0.29, 0.717) is 0 Å². The van der Waals surface area contributed by atoms with E-state index in [1.54, 1.807) is 0 Å². The van der Waals surface area contributed by atoms with Crippen molar-refractivity contribution in [2.45, 2.75) is 52.0 Å². The summed E-state index contributed by atoms with van der Waals surface area (Å²) in [5, 5.41) is 11.3. The van der Waals surface area contributed by atoms with E-state index >= 15 is 0 Å². The van der Waals surface area contributed by atoms with Crippen LogP contribution in [-0.4, -0.2) is 35.4 Å². The van der Waals surface area contributed by atoms with E-state index in [0.717, 1.165) is 44.3 Å². The molecule has 0 saturated heterocycles. The summed E-state index contributed by atoms with van der Waals surface area (Å²) in [5.74, 6) is 0.920. The number of hydrogen-bond acceptors (Lipinski definition) is 2. The number of guanidine groups is 1. The van der Waals surface area contributed by atoms with Crippen LogP contribution in [0.1, 0.15) is 43.1 Å². The third-order valence-electron chi connectivity index (χ3n) is 5.07. The lowest BCUT2D eigenvalue weighted by molar-refractivity contribution is 0.554. The largest absolute Gasteiger partial charge is 0.357 e. The fraction of sp³-hybridized carbons (Fsp3) is 0.524. The second kappa shape index (κ2) is 8.39. The van der Waals surface area contributed by atoms with Crippen LogP contribution in [0.3, 0.4) is 0 Å². The molecule has 1 heterocycles. The molecule has 1 aliphatic rings. The summed E-state index contributed by atoms with van der Waals surface area (Å²) in [4.78, 5) is 4.86. The van der Waals surface area contributed by atoms with E-state index < -0.39 is 0 Å². The van der Waals surface area contributed by atoms with Gasteiger partial charge in [-0.05, 0) is 51.7 Å². The second-order valence-electron chi connectivity index (χ2n) is 7.27. The van der Waals surface area contributed by atoms with Crippen LogP contribution in [0.5, 0.6) is 0 Å². The minimum absolute atomic E-state index is 0.257. The van der Waals surface area contributed by atoms with Gasteiger partial charge in [-0.15, -0.1) is 0 Å². The quantitative estimate of drug-likeness (QED) is 0.435. The number of aryl methyl sites for hydroxylation is 3. The van der Waals surface area contributed by atoms with E-state index in [-0.39, 0.29) is 5.41 Å². The first kappa shape index (κ1) is 18.5. The number of nitrogens with one attached hydrogen (secondary N) is 2. The maximum atomic E-state index is 4.86. The van der Waals surface area contributed by atoms with Crippen LogP contribution in [0.2, 0.25) is 0 Å². The molecule has 2 aromatic rings. The molecular weight excluding hydrogens is 322 g/mol. The maximum Gasteiger partial charge on any atom is 0.191 e. The summed E-state index contributed by atoms with van der Waals surface area (Å²) in [5.41, 5.74) is 3.99. The number of aromatic nitrogens is 2. The Kier molecular flexibility index (Phi) is 5.96. The summed E-state index contributed by atoms with van der Waals surface area (Å²) in [6.45, 7) is 9.81. The van der Waals surface area contributed by atoms with Crippen molar-refractivity contribution in [1.29, 1.82) is 0 Å². The number of aliphatic imine (C=N–C) groups is 1. The summed E-state index contributed by atoms with van der Waals surface area (Å²) < 4.78 is 2.08. The van der Waals surface area contributed by atoms with Crippen molar-refractivity contribution in [1.82, 2.24) is 20.4 Å². The molecule has 26 heavy (non-hydrogen) atoms. The second-order valence-corrected chi connectivity index (χ2v) is 7.27. The van der Waals surface area contributed by atoms with Gasteiger partial charge < -0.3 is 10.6 Å². The van der Waals surface area contributed by atoms with Crippen molar-refractivity contribution >= 4 is 5.96 Å². The predicted octanol–water partition coefficient (Wildman–Crippen LogP) is 3.18. The maximum absolute atomic E-state index is 4.86. The number of nitrogens with zero attached hydrogens (tertiary/aromatic N) is 3. The number of hydrogen-bond donors (Lipinski definition) is 2. The van der Waals surface area contributed by atoms with Gasteiger partial charge in [0.2, 0.25) is 0 Å². The van der Waals surface area contributed by atoms with Crippen LogP contribution in [0, 0.1) is 13.8 Å². The normalized spacial score (nSPS) is 15.7. The van der Waals surface area contributed by atoms with E-state index in [4.69, 9.17) is 4.99 Å². The van der Waals surface area contributed by atoms with Gasteiger partial charge in [0, 0.05) is 30.7 Å². The molecule has 0 atom stereocenters. The van der Waals surface area contributed by atoms with Gasteiger partial charge in [0.1, 0.15) is 0 Å². The van der Waals surface area contributed by atoms with Crippen LogP contribution < -0.4 is 10.6 Å². The number of rotatable bonds is 8. The van der Waals surface area contributed by atoms with Gasteiger partial charge in [-0.2, -0.15) is 5.10 Å². The Morgan fingerprint density at radius 1 is 1.19 bits per heavy atom. The molecule has 2 N–H and O–H groups in total. The molecule has 1 fully saturated rings. The van der Waals surface area contributed by atoms with E-state index in [1.165, 1.54) is 24.1 Å². The monoisotopic (exact) mass is 353 g/mol. The first-order valence-corrected chi connectivity index (χ1v) is 9.72. The fourth-order valence-corrected chi connectivity index (χ4v) is 3.39. The summed E-state index contributed by atoms with van der Waals surface area (Å²) in [6, 6.07) is 12.9. The highest BCUT2D eigenvalue weighted by Crippen LogP contribution is 2.48. The lowest BCUT2D eigenvalue weighted by atomic mass is 9.96. The average molecular weight is 354 g/mol. The van der Waals surface area contributed by atoms with Gasteiger partial charge in [-0.25, -0.2) is 0 Å². The molecule has 1 aliphatic carbocycles. The first-order valence-electron chi connectivity index (χ1n) is 9.72. The number of benzene rings is 1. The van der Waals surface area contributed by atoms with Gasteiger partial charge in [0.15, 0.2) is 5.96 Å². The highest BCUT2D eigenvalue weighted by Gasteiger charge is 2.43. The molecule has 0 unspecified atom stereocenters. The highest BCUT2D eigenvalue weighted by atomic mass is 15.3. The Hall–Kier alpha value is -2.30. The highest BCUT2D eigenvalue weighted by molar-refractivity contribution is 5.79. The van der Waals surface area contributed by atoms with Gasteiger partial charge in [0.25, 0.3) is 0 Å². The Morgan fingerprint density at radius 3 is 2.58 bits per heavy atom. The van der Waals surface area contributed by atoms with E-state index in [1.807, 2.05) is 6.92 Å². The topological polar surface area (TPSA) is 54.2 Å². The van der Waals surface area contributed by atoms with Crippen LogP contribution in [-0.2, 0) is 12.0 Å². The molecule has 0 radical (unpaired) electrons. The molecule has 5 heteroatoms. The first-order chi connectivity index (χ1) is 12.6. The predicted molar refractivity (Wildman–Crippen MR) is 108 cm³/mol. The lowest BCUT2D eigenvalue weighted by Gasteiger charge is -2.16. The zero-order chi connectivity index (χ0) is 18.4. The molecule has 3 rings (SSSR count). The minimum atomic E-state index is 0.257. The summed E-state index contributed by atoms with van der Waals surface area (Å²) in [7, 11) is 0. The molecule has 0 aliphatic heterocycles.